The highest BCUT2D eigenvalue weighted by molar-refractivity contribution is 5.98. The minimum Gasteiger partial charge on any atom is -0.457 e. The first-order chi connectivity index (χ1) is 16.6. The van der Waals surface area contributed by atoms with Gasteiger partial charge in [0.25, 0.3) is 5.91 Å². The Kier molecular flexibility index (Phi) is 5.81. The van der Waals surface area contributed by atoms with Crippen molar-refractivity contribution in [2.75, 3.05) is 12.3 Å². The van der Waals surface area contributed by atoms with Crippen molar-refractivity contribution < 1.29 is 9.53 Å². The lowest BCUT2D eigenvalue weighted by Crippen LogP contribution is -2.50. The van der Waals surface area contributed by atoms with E-state index in [0.717, 1.165) is 23.5 Å². The zero-order valence-electron chi connectivity index (χ0n) is 18.3. The van der Waals surface area contributed by atoms with Gasteiger partial charge in [0, 0.05) is 12.1 Å². The van der Waals surface area contributed by atoms with Crippen LogP contribution in [0.2, 0.25) is 0 Å². The highest BCUT2D eigenvalue weighted by Gasteiger charge is 2.27. The normalized spacial score (nSPS) is 17.7. The molecule has 4 N–H and O–H groups in total. The number of carbonyl (C=O) groups is 1. The lowest BCUT2D eigenvalue weighted by atomic mass is 10.1. The lowest BCUT2D eigenvalue weighted by molar-refractivity contribution is -0.116. The number of nitrogens with zero attached hydrogens (tertiary/aromatic N) is 4. The van der Waals surface area contributed by atoms with E-state index < -0.39 is 5.91 Å². The van der Waals surface area contributed by atoms with Gasteiger partial charge < -0.3 is 15.8 Å². The Morgan fingerprint density at radius 1 is 1.12 bits per heavy atom. The van der Waals surface area contributed by atoms with Gasteiger partial charge in [-0.2, -0.15) is 5.10 Å². The number of para-hydroxylation sites is 1. The number of benzene rings is 2. The largest absolute Gasteiger partial charge is 0.457 e. The van der Waals surface area contributed by atoms with E-state index in [0.29, 0.717) is 35.5 Å². The molecule has 2 aromatic heterocycles. The minimum atomic E-state index is -0.428. The average Bonchev–Trinajstić information content (AvgIpc) is 3.26. The standard InChI is InChI=1S/C25H23N7O2/c1-2-21(33)30-20-13-10-17(14-27-20)32-25-22(24(26)28-15-29-25)23(31-32)16-8-11-19(12-9-16)34-18-6-4-3-5-7-18/h1,3-9,11-12,15,17,20,27H,10,13-14H2,(H,30,33)(H2,26,28,29)/t17-,20+/m1/s1. The number of nitrogens with two attached hydrogens (primary N) is 1. The number of rotatable bonds is 5. The van der Waals surface area contributed by atoms with Crippen LogP contribution >= 0.6 is 0 Å². The number of piperidine rings is 1. The first-order valence-corrected chi connectivity index (χ1v) is 10.9. The van der Waals surface area contributed by atoms with Crippen molar-refractivity contribution in [1.82, 2.24) is 30.4 Å². The second-order valence-corrected chi connectivity index (χ2v) is 8.00. The van der Waals surface area contributed by atoms with Gasteiger partial charge >= 0.3 is 0 Å². The Labute approximate surface area is 196 Å². The molecule has 1 amide bonds. The molecule has 1 aliphatic rings. The second kappa shape index (κ2) is 9.21. The minimum absolute atomic E-state index is 0.0326. The summed E-state index contributed by atoms with van der Waals surface area (Å²) in [6, 6.07) is 17.3. The van der Waals surface area contributed by atoms with Crippen LogP contribution in [-0.4, -0.2) is 38.4 Å². The molecule has 0 aliphatic carbocycles. The van der Waals surface area contributed by atoms with E-state index in [1.807, 2.05) is 59.3 Å². The van der Waals surface area contributed by atoms with Crippen molar-refractivity contribution in [3.8, 4) is 35.1 Å². The number of anilines is 1. The Hall–Kier alpha value is -4.42. The molecule has 170 valence electrons. The summed E-state index contributed by atoms with van der Waals surface area (Å²) in [7, 11) is 0. The molecule has 0 spiro atoms. The van der Waals surface area contributed by atoms with Crippen LogP contribution in [0.25, 0.3) is 22.3 Å². The maximum atomic E-state index is 11.5. The smallest absolute Gasteiger partial charge is 0.296 e. The molecule has 0 saturated carbocycles. The molecule has 2 atom stereocenters. The number of terminal acetylenes is 1. The summed E-state index contributed by atoms with van der Waals surface area (Å²) in [6.45, 7) is 0.597. The molecule has 1 fully saturated rings. The highest BCUT2D eigenvalue weighted by atomic mass is 16.5. The first kappa shape index (κ1) is 21.4. The number of nitrogen functional groups attached to an aromatic ring is 1. The predicted octanol–water partition coefficient (Wildman–Crippen LogP) is 2.87. The van der Waals surface area contributed by atoms with Crippen LogP contribution in [0.3, 0.4) is 0 Å². The van der Waals surface area contributed by atoms with Gasteiger partial charge in [-0.1, -0.05) is 18.2 Å². The molecule has 3 heterocycles. The van der Waals surface area contributed by atoms with Crippen LogP contribution in [0.5, 0.6) is 11.5 Å². The van der Waals surface area contributed by atoms with Gasteiger partial charge in [0.1, 0.15) is 29.3 Å². The van der Waals surface area contributed by atoms with Crippen molar-refractivity contribution in [2.24, 2.45) is 0 Å². The van der Waals surface area contributed by atoms with Crippen LogP contribution in [0.15, 0.2) is 60.9 Å². The molecule has 0 radical (unpaired) electrons. The number of nitrogens with one attached hydrogen (secondary N) is 2. The van der Waals surface area contributed by atoms with E-state index in [-0.39, 0.29) is 12.2 Å². The molecule has 34 heavy (non-hydrogen) atoms. The summed E-state index contributed by atoms with van der Waals surface area (Å²) in [5.41, 5.74) is 8.52. The van der Waals surface area contributed by atoms with Gasteiger partial charge in [-0.15, -0.1) is 6.42 Å². The topological polar surface area (TPSA) is 120 Å². The summed E-state index contributed by atoms with van der Waals surface area (Å²) >= 11 is 0. The quantitative estimate of drug-likeness (QED) is 0.398. The summed E-state index contributed by atoms with van der Waals surface area (Å²) in [6.07, 6.45) is 7.92. The Bertz CT molecular complexity index is 1350. The number of hydrogen-bond donors (Lipinski definition) is 3. The number of carbonyl (C=O) groups excluding carboxylic acids is 1. The van der Waals surface area contributed by atoms with Crippen molar-refractivity contribution >= 4 is 22.8 Å². The number of fused-ring (bicyclic) bond motifs is 1. The van der Waals surface area contributed by atoms with Gasteiger partial charge in [0.15, 0.2) is 5.65 Å². The number of hydrogen-bond acceptors (Lipinski definition) is 7. The zero-order chi connectivity index (χ0) is 23.5. The fraction of sp³-hybridized carbons (Fsp3) is 0.200. The molecular formula is C25H23N7O2. The maximum absolute atomic E-state index is 11.5. The first-order valence-electron chi connectivity index (χ1n) is 10.9. The van der Waals surface area contributed by atoms with E-state index >= 15 is 0 Å². The molecule has 9 nitrogen and oxygen atoms in total. The number of aromatic nitrogens is 4. The molecule has 5 rings (SSSR count). The van der Waals surface area contributed by atoms with Gasteiger partial charge in [-0.25, -0.2) is 14.6 Å². The highest BCUT2D eigenvalue weighted by Crippen LogP contribution is 2.34. The third-order valence-corrected chi connectivity index (χ3v) is 5.80. The summed E-state index contributed by atoms with van der Waals surface area (Å²) in [4.78, 5) is 20.2. The summed E-state index contributed by atoms with van der Waals surface area (Å²) < 4.78 is 7.79. The van der Waals surface area contributed by atoms with Gasteiger partial charge in [0.05, 0.1) is 17.6 Å². The van der Waals surface area contributed by atoms with Gasteiger partial charge in [0.2, 0.25) is 0 Å². The second-order valence-electron chi connectivity index (χ2n) is 8.00. The SMILES string of the molecule is C#CC(=O)N[C@H]1CC[C@@H](n2nc(-c3ccc(Oc4ccccc4)cc3)c3c(N)ncnc32)CN1. The van der Waals surface area contributed by atoms with Crippen LogP contribution in [0.1, 0.15) is 18.9 Å². The van der Waals surface area contributed by atoms with Crippen LogP contribution in [-0.2, 0) is 4.79 Å². The molecule has 0 bridgehead atoms. The van der Waals surface area contributed by atoms with Crippen molar-refractivity contribution in [3.63, 3.8) is 0 Å². The fourth-order valence-electron chi connectivity index (χ4n) is 4.13. The van der Waals surface area contributed by atoms with E-state index in [1.165, 1.54) is 6.33 Å². The van der Waals surface area contributed by atoms with Gasteiger partial charge in [-0.05, 0) is 55.2 Å². The molecule has 0 unspecified atom stereocenters. The van der Waals surface area contributed by atoms with Gasteiger partial charge in [-0.3, -0.25) is 10.1 Å². The zero-order valence-corrected chi connectivity index (χ0v) is 18.3. The molecular weight excluding hydrogens is 430 g/mol. The van der Waals surface area contributed by atoms with Crippen molar-refractivity contribution in [2.45, 2.75) is 25.0 Å². The third-order valence-electron chi connectivity index (χ3n) is 5.80. The number of amides is 1. The summed E-state index contributed by atoms with van der Waals surface area (Å²) in [5, 5.41) is 11.7. The maximum Gasteiger partial charge on any atom is 0.296 e. The fourth-order valence-corrected chi connectivity index (χ4v) is 4.13. The van der Waals surface area contributed by atoms with E-state index in [2.05, 4.69) is 26.5 Å². The Morgan fingerprint density at radius 3 is 2.59 bits per heavy atom. The average molecular weight is 454 g/mol. The predicted molar refractivity (Wildman–Crippen MR) is 129 cm³/mol. The van der Waals surface area contributed by atoms with E-state index in [1.54, 1.807) is 0 Å². The van der Waals surface area contributed by atoms with E-state index in [9.17, 15) is 4.79 Å². The third kappa shape index (κ3) is 4.27. The van der Waals surface area contributed by atoms with Crippen LogP contribution in [0.4, 0.5) is 5.82 Å². The molecule has 4 aromatic rings. The molecule has 1 saturated heterocycles. The monoisotopic (exact) mass is 453 g/mol. The van der Waals surface area contributed by atoms with Crippen LogP contribution < -0.4 is 21.1 Å². The van der Waals surface area contributed by atoms with Crippen LogP contribution in [0, 0.1) is 12.3 Å². The Morgan fingerprint density at radius 2 is 1.88 bits per heavy atom. The summed E-state index contributed by atoms with van der Waals surface area (Å²) in [5.74, 6) is 3.51. The van der Waals surface area contributed by atoms with Crippen molar-refractivity contribution in [3.05, 3.63) is 60.9 Å². The Balaban J connectivity index is 1.42. The molecule has 9 heteroatoms. The number of ether oxygens (including phenoxy) is 1. The van der Waals surface area contributed by atoms with E-state index in [4.69, 9.17) is 22.0 Å². The molecule has 2 aromatic carbocycles. The van der Waals surface area contributed by atoms with Crippen molar-refractivity contribution in [1.29, 1.82) is 0 Å². The lowest BCUT2D eigenvalue weighted by Gasteiger charge is -2.30. The molecule has 1 aliphatic heterocycles.